The van der Waals surface area contributed by atoms with Crippen molar-refractivity contribution in [3.8, 4) is 5.75 Å². The van der Waals surface area contributed by atoms with E-state index in [1.807, 2.05) is 0 Å². The van der Waals surface area contributed by atoms with Crippen molar-refractivity contribution < 1.29 is 32.6 Å². The Balaban J connectivity index is 1.97. The van der Waals surface area contributed by atoms with Crippen LogP contribution in [0.4, 0.5) is 18.9 Å². The van der Waals surface area contributed by atoms with Gasteiger partial charge in [-0.05, 0) is 36.4 Å². The molecule has 126 valence electrons. The molecule has 0 saturated carbocycles. The zero-order chi connectivity index (χ0) is 17.7. The first-order valence-corrected chi connectivity index (χ1v) is 6.69. The Morgan fingerprint density at radius 3 is 2.29 bits per heavy atom. The number of ether oxygens (including phenoxy) is 1. The van der Waals surface area contributed by atoms with E-state index in [4.69, 9.17) is 9.84 Å². The van der Waals surface area contributed by atoms with Gasteiger partial charge in [-0.15, -0.1) is 0 Å². The number of hydrogen-bond acceptors (Lipinski definition) is 4. The maximum Gasteiger partial charge on any atom is 0.418 e. The largest absolute Gasteiger partial charge is 0.508 e. The van der Waals surface area contributed by atoms with E-state index in [9.17, 15) is 22.8 Å². The SMILES string of the molecule is O=C(COC(=O)c1ccc(O)cc1)Nc1ccccc1C(F)(F)F. The standard InChI is InChI=1S/C16H12F3NO4/c17-16(18,19)12-3-1-2-4-13(12)20-14(22)9-24-15(23)10-5-7-11(21)8-6-10/h1-8,21H,9H2,(H,20,22). The van der Waals surface area contributed by atoms with Crippen molar-refractivity contribution in [1.82, 2.24) is 0 Å². The van der Waals surface area contributed by atoms with Gasteiger partial charge in [-0.2, -0.15) is 13.2 Å². The Bertz CT molecular complexity index is 742. The lowest BCUT2D eigenvalue weighted by atomic mass is 10.1. The summed E-state index contributed by atoms with van der Waals surface area (Å²) >= 11 is 0. The second-order valence-corrected chi connectivity index (χ2v) is 4.71. The van der Waals surface area contributed by atoms with Crippen molar-refractivity contribution in [3.63, 3.8) is 0 Å². The molecular weight excluding hydrogens is 327 g/mol. The average Bonchev–Trinajstić information content (AvgIpc) is 2.53. The highest BCUT2D eigenvalue weighted by Crippen LogP contribution is 2.34. The maximum atomic E-state index is 12.8. The Morgan fingerprint density at radius 2 is 1.67 bits per heavy atom. The summed E-state index contributed by atoms with van der Waals surface area (Å²) in [5.74, 6) is -1.79. The topological polar surface area (TPSA) is 75.6 Å². The summed E-state index contributed by atoms with van der Waals surface area (Å²) in [6.07, 6.45) is -4.62. The molecule has 0 radical (unpaired) electrons. The Morgan fingerprint density at radius 1 is 1.04 bits per heavy atom. The molecule has 2 aromatic rings. The molecule has 8 heteroatoms. The lowest BCUT2D eigenvalue weighted by molar-refractivity contribution is -0.137. The van der Waals surface area contributed by atoms with E-state index in [0.29, 0.717) is 0 Å². The number of benzene rings is 2. The molecule has 2 N–H and O–H groups in total. The summed E-state index contributed by atoms with van der Waals surface area (Å²) in [5, 5.41) is 11.2. The summed E-state index contributed by atoms with van der Waals surface area (Å²) in [5.41, 5.74) is -1.32. The van der Waals surface area contributed by atoms with Crippen LogP contribution in [-0.2, 0) is 15.7 Å². The van der Waals surface area contributed by atoms with E-state index in [1.54, 1.807) is 0 Å². The number of aromatic hydroxyl groups is 1. The fourth-order valence-corrected chi connectivity index (χ4v) is 1.84. The third-order valence-electron chi connectivity index (χ3n) is 2.94. The molecule has 24 heavy (non-hydrogen) atoms. The van der Waals surface area contributed by atoms with E-state index in [-0.39, 0.29) is 11.3 Å². The van der Waals surface area contributed by atoms with Crippen molar-refractivity contribution in [3.05, 3.63) is 59.7 Å². The smallest absolute Gasteiger partial charge is 0.418 e. The van der Waals surface area contributed by atoms with Crippen LogP contribution in [0.25, 0.3) is 0 Å². The summed E-state index contributed by atoms with van der Waals surface area (Å²) in [6, 6.07) is 9.56. The van der Waals surface area contributed by atoms with E-state index >= 15 is 0 Å². The number of esters is 1. The number of halogens is 3. The number of phenols is 1. The number of amides is 1. The van der Waals surface area contributed by atoms with Gasteiger partial charge in [0.15, 0.2) is 6.61 Å². The van der Waals surface area contributed by atoms with Crippen LogP contribution in [-0.4, -0.2) is 23.6 Å². The van der Waals surface area contributed by atoms with Crippen LogP contribution >= 0.6 is 0 Å². The van der Waals surface area contributed by atoms with E-state index < -0.39 is 35.9 Å². The number of hydrogen-bond donors (Lipinski definition) is 2. The quantitative estimate of drug-likeness (QED) is 0.839. The van der Waals surface area contributed by atoms with Gasteiger partial charge in [0.2, 0.25) is 0 Å². The maximum absolute atomic E-state index is 12.8. The number of phenolic OH excluding ortho intramolecular Hbond substituents is 1. The normalized spacial score (nSPS) is 11.0. The molecule has 0 heterocycles. The monoisotopic (exact) mass is 339 g/mol. The van der Waals surface area contributed by atoms with Gasteiger partial charge in [0.1, 0.15) is 5.75 Å². The van der Waals surface area contributed by atoms with Crippen LogP contribution < -0.4 is 5.32 Å². The van der Waals surface area contributed by atoms with E-state index in [0.717, 1.165) is 12.1 Å². The zero-order valence-electron chi connectivity index (χ0n) is 12.1. The number of para-hydroxylation sites is 1. The molecule has 0 bridgehead atoms. The van der Waals surface area contributed by atoms with Crippen LogP contribution in [0.5, 0.6) is 5.75 Å². The minimum Gasteiger partial charge on any atom is -0.508 e. The highest BCUT2D eigenvalue weighted by atomic mass is 19.4. The Kier molecular flexibility index (Phi) is 5.08. The van der Waals surface area contributed by atoms with Gasteiger partial charge in [0.05, 0.1) is 16.8 Å². The molecule has 0 aliphatic heterocycles. The summed E-state index contributed by atoms with van der Waals surface area (Å²) in [6.45, 7) is -0.744. The molecule has 0 fully saturated rings. The van der Waals surface area contributed by atoms with Gasteiger partial charge < -0.3 is 15.2 Å². The molecule has 2 aromatic carbocycles. The number of carbonyl (C=O) groups is 2. The third-order valence-corrected chi connectivity index (χ3v) is 2.94. The van der Waals surface area contributed by atoms with E-state index in [1.165, 1.54) is 36.4 Å². The molecule has 1 amide bonds. The van der Waals surface area contributed by atoms with Crippen molar-refractivity contribution >= 4 is 17.6 Å². The molecular formula is C16H12F3NO4. The zero-order valence-corrected chi connectivity index (χ0v) is 12.1. The van der Waals surface area contributed by atoms with Crippen molar-refractivity contribution in [1.29, 1.82) is 0 Å². The van der Waals surface area contributed by atoms with Crippen LogP contribution in [0, 0.1) is 0 Å². The molecule has 0 spiro atoms. The van der Waals surface area contributed by atoms with Crippen molar-refractivity contribution in [2.75, 3.05) is 11.9 Å². The lowest BCUT2D eigenvalue weighted by Crippen LogP contribution is -2.22. The lowest BCUT2D eigenvalue weighted by Gasteiger charge is -2.13. The molecule has 2 rings (SSSR count). The van der Waals surface area contributed by atoms with Crippen LogP contribution in [0.1, 0.15) is 15.9 Å². The third kappa shape index (κ3) is 4.48. The highest BCUT2D eigenvalue weighted by molar-refractivity contribution is 5.96. The molecule has 0 saturated heterocycles. The number of carbonyl (C=O) groups excluding carboxylic acids is 2. The fraction of sp³-hybridized carbons (Fsp3) is 0.125. The number of nitrogens with one attached hydrogen (secondary N) is 1. The van der Waals surface area contributed by atoms with Crippen LogP contribution in [0.3, 0.4) is 0 Å². The van der Waals surface area contributed by atoms with Gasteiger partial charge in [-0.3, -0.25) is 4.79 Å². The highest BCUT2D eigenvalue weighted by Gasteiger charge is 2.33. The molecule has 0 aromatic heterocycles. The molecule has 0 atom stereocenters. The number of anilines is 1. The minimum atomic E-state index is -4.62. The second-order valence-electron chi connectivity index (χ2n) is 4.71. The number of alkyl halides is 3. The molecule has 0 unspecified atom stereocenters. The van der Waals surface area contributed by atoms with Gasteiger partial charge in [0.25, 0.3) is 5.91 Å². The van der Waals surface area contributed by atoms with Gasteiger partial charge in [-0.1, -0.05) is 12.1 Å². The first-order chi connectivity index (χ1) is 11.3. The first kappa shape index (κ1) is 17.3. The molecule has 0 aliphatic carbocycles. The van der Waals surface area contributed by atoms with Gasteiger partial charge in [-0.25, -0.2) is 4.79 Å². The average molecular weight is 339 g/mol. The Hall–Kier alpha value is -3.03. The summed E-state index contributed by atoms with van der Waals surface area (Å²) < 4.78 is 43.1. The predicted octanol–water partition coefficient (Wildman–Crippen LogP) is 3.21. The molecule has 5 nitrogen and oxygen atoms in total. The second kappa shape index (κ2) is 7.03. The predicted molar refractivity (Wildman–Crippen MR) is 78.5 cm³/mol. The van der Waals surface area contributed by atoms with Crippen LogP contribution in [0.15, 0.2) is 48.5 Å². The van der Waals surface area contributed by atoms with E-state index in [2.05, 4.69) is 5.32 Å². The Labute approximate surface area is 134 Å². The summed E-state index contributed by atoms with van der Waals surface area (Å²) in [7, 11) is 0. The number of rotatable bonds is 4. The van der Waals surface area contributed by atoms with Gasteiger partial charge >= 0.3 is 12.1 Å². The van der Waals surface area contributed by atoms with Crippen molar-refractivity contribution in [2.45, 2.75) is 6.18 Å². The fourth-order valence-electron chi connectivity index (χ4n) is 1.84. The minimum absolute atomic E-state index is 0.0481. The first-order valence-electron chi connectivity index (χ1n) is 6.69. The van der Waals surface area contributed by atoms with Gasteiger partial charge in [0, 0.05) is 0 Å². The molecule has 0 aliphatic rings. The van der Waals surface area contributed by atoms with Crippen molar-refractivity contribution in [2.24, 2.45) is 0 Å². The summed E-state index contributed by atoms with van der Waals surface area (Å²) in [4.78, 5) is 23.4. The van der Waals surface area contributed by atoms with Crippen LogP contribution in [0.2, 0.25) is 0 Å².